The lowest BCUT2D eigenvalue weighted by molar-refractivity contribution is -0.121. The van der Waals surface area contributed by atoms with Gasteiger partial charge in [-0.05, 0) is 37.0 Å². The van der Waals surface area contributed by atoms with Crippen LogP contribution in [0.25, 0.3) is 0 Å². The van der Waals surface area contributed by atoms with Crippen molar-refractivity contribution in [1.29, 1.82) is 0 Å². The Morgan fingerprint density at radius 1 is 1.38 bits per heavy atom. The number of carbonyl (C=O) groups is 1. The summed E-state index contributed by atoms with van der Waals surface area (Å²) >= 11 is 0. The average Bonchev–Trinajstić information content (AvgIpc) is 3.10. The normalized spacial score (nSPS) is 22.2. The van der Waals surface area contributed by atoms with Crippen molar-refractivity contribution in [2.45, 2.75) is 52.0 Å². The van der Waals surface area contributed by atoms with Crippen molar-refractivity contribution >= 4 is 5.91 Å². The molecule has 2 aliphatic carbocycles. The van der Waals surface area contributed by atoms with Gasteiger partial charge in [0.25, 0.3) is 0 Å². The molecule has 0 aliphatic heterocycles. The molecule has 0 heterocycles. The zero-order chi connectivity index (χ0) is 11.6. The number of hydrogen-bond donors (Lipinski definition) is 2. The summed E-state index contributed by atoms with van der Waals surface area (Å²) in [6.45, 7) is 6.24. The van der Waals surface area contributed by atoms with Crippen LogP contribution >= 0.6 is 0 Å². The van der Waals surface area contributed by atoms with Crippen molar-refractivity contribution in [3.05, 3.63) is 0 Å². The van der Waals surface area contributed by atoms with Gasteiger partial charge in [-0.2, -0.15) is 0 Å². The molecule has 2 N–H and O–H groups in total. The van der Waals surface area contributed by atoms with Crippen molar-refractivity contribution in [1.82, 2.24) is 10.6 Å². The summed E-state index contributed by atoms with van der Waals surface area (Å²) in [7, 11) is 0. The molecule has 3 nitrogen and oxygen atoms in total. The minimum atomic E-state index is 0.208. The van der Waals surface area contributed by atoms with Gasteiger partial charge in [-0.1, -0.05) is 13.8 Å². The maximum atomic E-state index is 11.6. The van der Waals surface area contributed by atoms with Gasteiger partial charge in [0, 0.05) is 25.6 Å². The number of amides is 1. The van der Waals surface area contributed by atoms with E-state index < -0.39 is 0 Å². The number of nitrogens with one attached hydrogen (secondary N) is 2. The molecule has 92 valence electrons. The summed E-state index contributed by atoms with van der Waals surface area (Å²) in [6.07, 6.45) is 5.78. The van der Waals surface area contributed by atoms with Gasteiger partial charge in [-0.25, -0.2) is 0 Å². The quantitative estimate of drug-likeness (QED) is 0.691. The zero-order valence-electron chi connectivity index (χ0n) is 10.5. The predicted octanol–water partition coefficient (Wildman–Crippen LogP) is 1.68. The Balaban J connectivity index is 1.56. The van der Waals surface area contributed by atoms with Crippen LogP contribution in [0.2, 0.25) is 0 Å². The van der Waals surface area contributed by atoms with Gasteiger partial charge >= 0.3 is 0 Å². The zero-order valence-corrected chi connectivity index (χ0v) is 10.5. The Bertz CT molecular complexity index is 255. The molecule has 16 heavy (non-hydrogen) atoms. The first-order valence-corrected chi connectivity index (χ1v) is 6.62. The van der Waals surface area contributed by atoms with E-state index in [1.807, 2.05) is 0 Å². The molecular weight excluding hydrogens is 200 g/mol. The average molecular weight is 224 g/mol. The molecule has 0 saturated heterocycles. The summed E-state index contributed by atoms with van der Waals surface area (Å²) in [5.74, 6) is 0.900. The first-order valence-electron chi connectivity index (χ1n) is 6.62. The summed E-state index contributed by atoms with van der Waals surface area (Å²) in [5, 5.41) is 6.44. The van der Waals surface area contributed by atoms with Gasteiger partial charge < -0.3 is 10.6 Å². The lowest BCUT2D eigenvalue weighted by Crippen LogP contribution is -2.34. The van der Waals surface area contributed by atoms with Gasteiger partial charge in [0.05, 0.1) is 0 Å². The smallest absolute Gasteiger partial charge is 0.221 e. The van der Waals surface area contributed by atoms with Gasteiger partial charge in [-0.15, -0.1) is 0 Å². The van der Waals surface area contributed by atoms with Crippen molar-refractivity contribution < 1.29 is 4.79 Å². The molecule has 2 fully saturated rings. The Kier molecular flexibility index (Phi) is 3.53. The molecule has 2 saturated carbocycles. The highest BCUT2D eigenvalue weighted by Gasteiger charge is 2.45. The van der Waals surface area contributed by atoms with Crippen LogP contribution in [0.4, 0.5) is 0 Å². The molecule has 0 aromatic carbocycles. The molecule has 2 aliphatic rings. The second-order valence-corrected chi connectivity index (χ2v) is 5.77. The molecule has 0 bridgehead atoms. The summed E-state index contributed by atoms with van der Waals surface area (Å²) in [4.78, 5) is 11.6. The van der Waals surface area contributed by atoms with E-state index in [4.69, 9.17) is 0 Å². The lowest BCUT2D eigenvalue weighted by Gasteiger charge is -2.20. The minimum absolute atomic E-state index is 0.208. The van der Waals surface area contributed by atoms with E-state index in [2.05, 4.69) is 24.5 Å². The Labute approximate surface area is 98.4 Å². The highest BCUT2D eigenvalue weighted by Crippen LogP contribution is 2.51. The van der Waals surface area contributed by atoms with Crippen molar-refractivity contribution in [3.8, 4) is 0 Å². The van der Waals surface area contributed by atoms with Crippen LogP contribution in [0, 0.1) is 11.3 Å². The van der Waals surface area contributed by atoms with Gasteiger partial charge in [0.1, 0.15) is 0 Å². The fourth-order valence-electron chi connectivity index (χ4n) is 2.16. The Morgan fingerprint density at radius 3 is 2.56 bits per heavy atom. The van der Waals surface area contributed by atoms with E-state index in [1.54, 1.807) is 0 Å². The molecule has 0 aromatic heterocycles. The molecular formula is C13H24N2O. The van der Waals surface area contributed by atoms with Crippen LogP contribution in [-0.2, 0) is 4.79 Å². The van der Waals surface area contributed by atoms with Crippen molar-refractivity contribution in [2.24, 2.45) is 11.3 Å². The number of rotatable bonds is 7. The third kappa shape index (κ3) is 3.21. The first kappa shape index (κ1) is 11.9. The van der Waals surface area contributed by atoms with E-state index in [0.29, 0.717) is 23.8 Å². The van der Waals surface area contributed by atoms with Gasteiger partial charge in [0.15, 0.2) is 0 Å². The summed E-state index contributed by atoms with van der Waals surface area (Å²) in [5.41, 5.74) is 0.430. The second-order valence-electron chi connectivity index (χ2n) is 5.77. The molecule has 0 atom stereocenters. The van der Waals surface area contributed by atoms with E-state index in [-0.39, 0.29) is 5.91 Å². The fourth-order valence-corrected chi connectivity index (χ4v) is 2.16. The van der Waals surface area contributed by atoms with E-state index >= 15 is 0 Å². The number of carbonyl (C=O) groups excluding carboxylic acids is 1. The van der Waals surface area contributed by atoms with Gasteiger partial charge in [0.2, 0.25) is 5.91 Å². The van der Waals surface area contributed by atoms with Crippen LogP contribution in [0.3, 0.4) is 0 Å². The van der Waals surface area contributed by atoms with Crippen molar-refractivity contribution in [2.75, 3.05) is 13.1 Å². The Hall–Kier alpha value is -0.570. The summed E-state index contributed by atoms with van der Waals surface area (Å²) < 4.78 is 0. The van der Waals surface area contributed by atoms with Crippen molar-refractivity contribution in [3.63, 3.8) is 0 Å². The van der Waals surface area contributed by atoms with Crippen LogP contribution < -0.4 is 10.6 Å². The highest BCUT2D eigenvalue weighted by molar-refractivity contribution is 5.76. The number of hydrogen-bond acceptors (Lipinski definition) is 2. The first-order chi connectivity index (χ1) is 7.62. The van der Waals surface area contributed by atoms with E-state index in [9.17, 15) is 4.79 Å². The topological polar surface area (TPSA) is 41.1 Å². The van der Waals surface area contributed by atoms with Crippen LogP contribution in [0.15, 0.2) is 0 Å². The maximum absolute atomic E-state index is 11.6. The minimum Gasteiger partial charge on any atom is -0.355 e. The third-order valence-corrected chi connectivity index (χ3v) is 4.12. The molecule has 1 amide bonds. The van der Waals surface area contributed by atoms with Crippen LogP contribution in [-0.4, -0.2) is 25.0 Å². The largest absolute Gasteiger partial charge is 0.355 e. The Morgan fingerprint density at radius 2 is 2.06 bits per heavy atom. The molecule has 0 radical (unpaired) electrons. The van der Waals surface area contributed by atoms with Crippen LogP contribution in [0.1, 0.15) is 46.0 Å². The van der Waals surface area contributed by atoms with E-state index in [0.717, 1.165) is 13.1 Å². The third-order valence-electron chi connectivity index (χ3n) is 4.12. The lowest BCUT2D eigenvalue weighted by atomic mass is 9.92. The maximum Gasteiger partial charge on any atom is 0.221 e. The van der Waals surface area contributed by atoms with E-state index in [1.165, 1.54) is 25.7 Å². The fraction of sp³-hybridized carbons (Fsp3) is 0.923. The van der Waals surface area contributed by atoms with Crippen LogP contribution in [0.5, 0.6) is 0 Å². The predicted molar refractivity (Wildman–Crippen MR) is 65.2 cm³/mol. The molecule has 3 heteroatoms. The molecule has 0 unspecified atom stereocenters. The standard InChI is InChI=1S/C13H24N2O/c1-10(2)13(6-7-13)9-15-12(16)5-8-14-11-3-4-11/h10-11,14H,3-9H2,1-2H3,(H,15,16). The highest BCUT2D eigenvalue weighted by atomic mass is 16.1. The molecule has 2 rings (SSSR count). The monoisotopic (exact) mass is 224 g/mol. The molecule has 0 spiro atoms. The van der Waals surface area contributed by atoms with Gasteiger partial charge in [-0.3, -0.25) is 4.79 Å². The SMILES string of the molecule is CC(C)C1(CNC(=O)CCNC2CC2)CC1. The summed E-state index contributed by atoms with van der Waals surface area (Å²) in [6, 6.07) is 0.707. The molecule has 0 aromatic rings. The second kappa shape index (κ2) is 4.74.